The lowest BCUT2D eigenvalue weighted by molar-refractivity contribution is 0.479. The van der Waals surface area contributed by atoms with E-state index < -0.39 is 0 Å². The van der Waals surface area contributed by atoms with Gasteiger partial charge in [-0.2, -0.15) is 0 Å². The molecule has 2 N–H and O–H groups in total. The fourth-order valence-electron chi connectivity index (χ4n) is 1.58. The molecule has 1 heterocycles. The summed E-state index contributed by atoms with van der Waals surface area (Å²) in [6, 6.07) is 11.5. The number of nitrogens with two attached hydrogens (primary N) is 1. The Kier molecular flexibility index (Phi) is 3.89. The standard InChI is InChI=1S/C14H14N2OS/c1-2-10-5-7-11(8-6-10)17-12-4-3-9-16-13(12)14(15)18/h3-9H,2H2,1H3,(H2,15,18). The van der Waals surface area contributed by atoms with Crippen LogP contribution in [0.2, 0.25) is 0 Å². The number of thiocarbonyl (C=S) groups is 1. The number of aromatic nitrogens is 1. The predicted octanol–water partition coefficient (Wildman–Crippen LogP) is 3.07. The summed E-state index contributed by atoms with van der Waals surface area (Å²) < 4.78 is 5.74. The third-order valence-electron chi connectivity index (χ3n) is 2.56. The molecule has 3 nitrogen and oxygen atoms in total. The Bertz CT molecular complexity index is 552. The Morgan fingerprint density at radius 1 is 1.28 bits per heavy atom. The molecule has 0 saturated heterocycles. The lowest BCUT2D eigenvalue weighted by atomic mass is 10.2. The summed E-state index contributed by atoms with van der Waals surface area (Å²) in [7, 11) is 0. The second-order valence-electron chi connectivity index (χ2n) is 3.81. The minimum atomic E-state index is 0.232. The van der Waals surface area contributed by atoms with Gasteiger partial charge in [-0.15, -0.1) is 0 Å². The second-order valence-corrected chi connectivity index (χ2v) is 4.25. The summed E-state index contributed by atoms with van der Waals surface area (Å²) in [5, 5.41) is 0. The number of nitrogens with zero attached hydrogens (tertiary/aromatic N) is 1. The van der Waals surface area contributed by atoms with E-state index in [0.29, 0.717) is 11.4 Å². The molecule has 0 spiro atoms. The Morgan fingerprint density at radius 3 is 2.61 bits per heavy atom. The molecule has 0 aliphatic heterocycles. The molecule has 1 aromatic carbocycles. The van der Waals surface area contributed by atoms with Gasteiger partial charge in [-0.3, -0.25) is 0 Å². The van der Waals surface area contributed by atoms with Crippen LogP contribution in [0.25, 0.3) is 0 Å². The lowest BCUT2D eigenvalue weighted by Gasteiger charge is -2.09. The van der Waals surface area contributed by atoms with Crippen LogP contribution in [-0.4, -0.2) is 9.97 Å². The highest BCUT2D eigenvalue weighted by Crippen LogP contribution is 2.24. The molecule has 4 heteroatoms. The SMILES string of the molecule is CCc1ccc(Oc2cccnc2C(N)=S)cc1. The number of aryl methyl sites for hydroxylation is 1. The van der Waals surface area contributed by atoms with Crippen LogP contribution in [0, 0.1) is 0 Å². The normalized spacial score (nSPS) is 10.1. The van der Waals surface area contributed by atoms with Crippen LogP contribution in [0.5, 0.6) is 11.5 Å². The van der Waals surface area contributed by atoms with Crippen LogP contribution in [-0.2, 0) is 6.42 Å². The molecule has 92 valence electrons. The monoisotopic (exact) mass is 258 g/mol. The molecule has 0 radical (unpaired) electrons. The fourth-order valence-corrected chi connectivity index (χ4v) is 1.73. The molecule has 0 saturated carbocycles. The third kappa shape index (κ3) is 2.84. The molecular formula is C14H14N2OS. The zero-order valence-corrected chi connectivity index (χ0v) is 10.9. The van der Waals surface area contributed by atoms with Gasteiger partial charge in [-0.25, -0.2) is 4.98 Å². The molecule has 0 atom stereocenters. The highest BCUT2D eigenvalue weighted by molar-refractivity contribution is 7.80. The van der Waals surface area contributed by atoms with Crippen LogP contribution in [0.3, 0.4) is 0 Å². The van der Waals surface area contributed by atoms with E-state index in [1.54, 1.807) is 18.3 Å². The van der Waals surface area contributed by atoms with Crippen molar-refractivity contribution in [3.05, 3.63) is 53.9 Å². The van der Waals surface area contributed by atoms with Crippen molar-refractivity contribution in [3.8, 4) is 11.5 Å². The highest BCUT2D eigenvalue weighted by Gasteiger charge is 2.08. The Hall–Kier alpha value is -1.94. The van der Waals surface area contributed by atoms with Gasteiger partial charge in [0.25, 0.3) is 0 Å². The van der Waals surface area contributed by atoms with E-state index in [-0.39, 0.29) is 4.99 Å². The summed E-state index contributed by atoms with van der Waals surface area (Å²) in [6.45, 7) is 2.11. The van der Waals surface area contributed by atoms with Crippen molar-refractivity contribution in [2.24, 2.45) is 5.73 Å². The Balaban J connectivity index is 2.25. The van der Waals surface area contributed by atoms with Crippen LogP contribution in [0.1, 0.15) is 18.2 Å². The lowest BCUT2D eigenvalue weighted by Crippen LogP contribution is -2.12. The molecule has 0 bridgehead atoms. The van der Waals surface area contributed by atoms with Crippen molar-refractivity contribution >= 4 is 17.2 Å². The molecule has 18 heavy (non-hydrogen) atoms. The van der Waals surface area contributed by atoms with Crippen molar-refractivity contribution in [1.82, 2.24) is 4.98 Å². The molecule has 2 rings (SSSR count). The first-order valence-corrected chi connectivity index (χ1v) is 6.13. The number of hydrogen-bond acceptors (Lipinski definition) is 3. The molecule has 0 fully saturated rings. The number of pyridine rings is 1. The zero-order valence-electron chi connectivity index (χ0n) is 10.1. The summed E-state index contributed by atoms with van der Waals surface area (Å²) in [4.78, 5) is 4.35. The first-order valence-electron chi connectivity index (χ1n) is 5.72. The fraction of sp³-hybridized carbons (Fsp3) is 0.143. The van der Waals surface area contributed by atoms with Gasteiger partial charge in [0.05, 0.1) is 0 Å². The first kappa shape index (κ1) is 12.5. The van der Waals surface area contributed by atoms with Crippen molar-refractivity contribution in [3.63, 3.8) is 0 Å². The summed E-state index contributed by atoms with van der Waals surface area (Å²) in [6.07, 6.45) is 2.65. The van der Waals surface area contributed by atoms with Crippen molar-refractivity contribution in [2.75, 3.05) is 0 Å². The maximum absolute atomic E-state index is 5.74. The molecule has 1 aromatic heterocycles. The number of benzene rings is 1. The van der Waals surface area contributed by atoms with Gasteiger partial charge < -0.3 is 10.5 Å². The van der Waals surface area contributed by atoms with E-state index in [1.165, 1.54) is 5.56 Å². The van der Waals surface area contributed by atoms with Crippen LogP contribution in [0.15, 0.2) is 42.6 Å². The second kappa shape index (κ2) is 5.60. The summed E-state index contributed by atoms with van der Waals surface area (Å²) in [5.74, 6) is 1.33. The molecule has 0 unspecified atom stereocenters. The Labute approximate surface area is 112 Å². The molecule has 0 aliphatic rings. The van der Waals surface area contributed by atoms with Crippen LogP contribution < -0.4 is 10.5 Å². The van der Waals surface area contributed by atoms with Gasteiger partial charge in [0.15, 0.2) is 5.75 Å². The topological polar surface area (TPSA) is 48.1 Å². The predicted molar refractivity (Wildman–Crippen MR) is 76.0 cm³/mol. The summed E-state index contributed by atoms with van der Waals surface area (Å²) in [5.41, 5.74) is 7.38. The zero-order chi connectivity index (χ0) is 13.0. The molecule has 2 aromatic rings. The number of ether oxygens (including phenoxy) is 1. The quantitative estimate of drug-likeness (QED) is 0.856. The van der Waals surface area contributed by atoms with E-state index in [2.05, 4.69) is 11.9 Å². The van der Waals surface area contributed by atoms with Crippen LogP contribution in [0.4, 0.5) is 0 Å². The van der Waals surface area contributed by atoms with Gasteiger partial charge in [-0.05, 0) is 36.2 Å². The number of hydrogen-bond donors (Lipinski definition) is 1. The van der Waals surface area contributed by atoms with E-state index in [4.69, 9.17) is 22.7 Å². The Morgan fingerprint density at radius 2 is 2.00 bits per heavy atom. The molecular weight excluding hydrogens is 244 g/mol. The third-order valence-corrected chi connectivity index (χ3v) is 2.76. The minimum absolute atomic E-state index is 0.232. The van der Waals surface area contributed by atoms with Crippen molar-refractivity contribution in [2.45, 2.75) is 13.3 Å². The van der Waals surface area contributed by atoms with E-state index in [0.717, 1.165) is 12.2 Å². The van der Waals surface area contributed by atoms with Gasteiger partial charge in [0.2, 0.25) is 0 Å². The van der Waals surface area contributed by atoms with Gasteiger partial charge in [-0.1, -0.05) is 31.3 Å². The van der Waals surface area contributed by atoms with Crippen LogP contribution >= 0.6 is 12.2 Å². The smallest absolute Gasteiger partial charge is 0.156 e. The largest absolute Gasteiger partial charge is 0.455 e. The molecule has 0 amide bonds. The number of rotatable bonds is 4. The first-order chi connectivity index (χ1) is 8.70. The van der Waals surface area contributed by atoms with Crippen molar-refractivity contribution < 1.29 is 4.74 Å². The average molecular weight is 258 g/mol. The maximum atomic E-state index is 5.74. The van der Waals surface area contributed by atoms with Gasteiger partial charge in [0, 0.05) is 6.20 Å². The molecule has 0 aliphatic carbocycles. The van der Waals surface area contributed by atoms with E-state index >= 15 is 0 Å². The summed E-state index contributed by atoms with van der Waals surface area (Å²) >= 11 is 4.94. The average Bonchev–Trinajstić information content (AvgIpc) is 2.40. The minimum Gasteiger partial charge on any atom is -0.455 e. The van der Waals surface area contributed by atoms with E-state index in [1.807, 2.05) is 24.3 Å². The van der Waals surface area contributed by atoms with E-state index in [9.17, 15) is 0 Å². The van der Waals surface area contributed by atoms with Gasteiger partial charge >= 0.3 is 0 Å². The van der Waals surface area contributed by atoms with Gasteiger partial charge in [0.1, 0.15) is 16.4 Å². The highest BCUT2D eigenvalue weighted by atomic mass is 32.1. The maximum Gasteiger partial charge on any atom is 0.156 e. The van der Waals surface area contributed by atoms with Crippen molar-refractivity contribution in [1.29, 1.82) is 0 Å².